The summed E-state index contributed by atoms with van der Waals surface area (Å²) < 4.78 is 86.4. The molecule has 1 aromatic heterocycles. The van der Waals surface area contributed by atoms with Crippen LogP contribution >= 0.6 is 12.2 Å². The van der Waals surface area contributed by atoms with E-state index in [1.54, 1.807) is 0 Å². The van der Waals surface area contributed by atoms with Crippen LogP contribution < -0.4 is 4.74 Å². The third-order valence-corrected chi connectivity index (χ3v) is 6.70. The molecule has 3 aliphatic rings. The molecule has 0 fully saturated rings. The third-order valence-electron chi connectivity index (χ3n) is 6.40. The van der Waals surface area contributed by atoms with Crippen LogP contribution in [-0.4, -0.2) is 31.4 Å². The SMILES string of the molecule is CC1(Oc2ccc3c4c2C(OC(=S)n2ccnc2)CC4(O)C(F)(F)C3(F)F)C=C(C#N)C=C(F)C1. The molecular formula is C23H16F5N3O3S. The highest BCUT2D eigenvalue weighted by atomic mass is 32.1. The van der Waals surface area contributed by atoms with Gasteiger partial charge in [-0.25, -0.2) is 9.37 Å². The Kier molecular flexibility index (Phi) is 4.92. The van der Waals surface area contributed by atoms with Gasteiger partial charge in [0.2, 0.25) is 0 Å². The summed E-state index contributed by atoms with van der Waals surface area (Å²) in [4.78, 5) is 3.81. The molecule has 0 saturated carbocycles. The summed E-state index contributed by atoms with van der Waals surface area (Å²) in [5, 5.41) is 19.9. The minimum Gasteiger partial charge on any atom is -0.483 e. The molecule has 35 heavy (non-hydrogen) atoms. The van der Waals surface area contributed by atoms with Gasteiger partial charge in [0.15, 0.2) is 5.60 Å². The lowest BCUT2D eigenvalue weighted by Gasteiger charge is -2.32. The number of hydrogen-bond donors (Lipinski definition) is 1. The molecule has 5 rings (SSSR count). The van der Waals surface area contributed by atoms with Crippen LogP contribution in [0.3, 0.4) is 0 Å². The van der Waals surface area contributed by atoms with E-state index in [2.05, 4.69) is 4.98 Å². The van der Waals surface area contributed by atoms with E-state index in [1.807, 2.05) is 6.07 Å². The first-order valence-electron chi connectivity index (χ1n) is 10.4. The smallest absolute Gasteiger partial charge is 0.346 e. The Hall–Kier alpha value is -3.30. The Morgan fingerprint density at radius 3 is 2.71 bits per heavy atom. The Morgan fingerprint density at radius 2 is 2.06 bits per heavy atom. The second-order valence-electron chi connectivity index (χ2n) is 8.85. The van der Waals surface area contributed by atoms with Crippen molar-refractivity contribution in [3.63, 3.8) is 0 Å². The van der Waals surface area contributed by atoms with E-state index in [9.17, 15) is 32.3 Å². The van der Waals surface area contributed by atoms with Crippen molar-refractivity contribution in [2.75, 3.05) is 0 Å². The number of thiocarbonyl (C=S) groups is 1. The molecule has 1 aromatic carbocycles. The van der Waals surface area contributed by atoms with E-state index in [0.29, 0.717) is 0 Å². The van der Waals surface area contributed by atoms with E-state index in [-0.39, 0.29) is 28.5 Å². The number of aromatic nitrogens is 2. The monoisotopic (exact) mass is 509 g/mol. The molecule has 0 amide bonds. The first-order valence-corrected chi connectivity index (χ1v) is 10.8. The lowest BCUT2D eigenvalue weighted by Crippen LogP contribution is -2.48. The fourth-order valence-electron chi connectivity index (χ4n) is 4.91. The Labute approximate surface area is 200 Å². The van der Waals surface area contributed by atoms with Gasteiger partial charge < -0.3 is 14.6 Å². The number of imidazole rings is 1. The maximum absolute atomic E-state index is 14.9. The van der Waals surface area contributed by atoms with E-state index in [4.69, 9.17) is 21.7 Å². The fourth-order valence-corrected chi connectivity index (χ4v) is 5.14. The molecule has 0 aliphatic heterocycles. The second-order valence-corrected chi connectivity index (χ2v) is 9.20. The van der Waals surface area contributed by atoms with Gasteiger partial charge in [0.25, 0.3) is 5.17 Å². The average Bonchev–Trinajstić information content (AvgIpc) is 3.43. The maximum Gasteiger partial charge on any atom is 0.346 e. The van der Waals surface area contributed by atoms with Crippen molar-refractivity contribution in [1.29, 1.82) is 5.26 Å². The maximum atomic E-state index is 14.9. The Morgan fingerprint density at radius 1 is 1.31 bits per heavy atom. The van der Waals surface area contributed by atoms with Crippen molar-refractivity contribution in [3.8, 4) is 11.8 Å². The van der Waals surface area contributed by atoms with Gasteiger partial charge in [-0.3, -0.25) is 4.57 Å². The number of aliphatic hydroxyl groups is 1. The quantitative estimate of drug-likeness (QED) is 0.466. The molecule has 1 N–H and O–H groups in total. The number of benzene rings is 1. The molecule has 6 nitrogen and oxygen atoms in total. The summed E-state index contributed by atoms with van der Waals surface area (Å²) >= 11 is 5.18. The van der Waals surface area contributed by atoms with Crippen LogP contribution in [0.25, 0.3) is 0 Å². The summed E-state index contributed by atoms with van der Waals surface area (Å²) in [5.74, 6) is -10.3. The molecule has 0 spiro atoms. The van der Waals surface area contributed by atoms with Crippen molar-refractivity contribution >= 4 is 17.4 Å². The second kappa shape index (κ2) is 7.35. The highest BCUT2D eigenvalue weighted by Gasteiger charge is 2.79. The molecule has 1 heterocycles. The highest BCUT2D eigenvalue weighted by molar-refractivity contribution is 7.80. The van der Waals surface area contributed by atoms with Gasteiger partial charge in [-0.2, -0.15) is 22.8 Å². The van der Waals surface area contributed by atoms with Crippen molar-refractivity contribution < 1.29 is 36.5 Å². The molecule has 3 aliphatic carbocycles. The zero-order valence-electron chi connectivity index (χ0n) is 17.9. The largest absolute Gasteiger partial charge is 0.483 e. The first-order chi connectivity index (χ1) is 16.3. The predicted octanol–water partition coefficient (Wildman–Crippen LogP) is 4.95. The summed E-state index contributed by atoms with van der Waals surface area (Å²) in [6.07, 6.45) is 3.85. The van der Waals surface area contributed by atoms with Crippen LogP contribution in [-0.2, 0) is 16.3 Å². The summed E-state index contributed by atoms with van der Waals surface area (Å²) in [6.45, 7) is 1.45. The molecular weight excluding hydrogens is 493 g/mol. The lowest BCUT2D eigenvalue weighted by molar-refractivity contribution is -0.288. The summed E-state index contributed by atoms with van der Waals surface area (Å²) in [5.41, 5.74) is -6.75. The van der Waals surface area contributed by atoms with Crippen LogP contribution in [0.5, 0.6) is 5.75 Å². The lowest BCUT2D eigenvalue weighted by atomic mass is 9.92. The fraction of sp³-hybridized carbons (Fsp3) is 0.348. The Balaban J connectivity index is 1.64. The van der Waals surface area contributed by atoms with E-state index >= 15 is 0 Å². The number of ether oxygens (including phenoxy) is 2. The van der Waals surface area contributed by atoms with Gasteiger partial charge in [-0.05, 0) is 43.4 Å². The number of nitrogens with zero attached hydrogens (tertiary/aromatic N) is 3. The van der Waals surface area contributed by atoms with Gasteiger partial charge in [-0.15, -0.1) is 0 Å². The number of rotatable bonds is 3. The van der Waals surface area contributed by atoms with Crippen molar-refractivity contribution in [1.82, 2.24) is 9.55 Å². The number of allylic oxidation sites excluding steroid dienone is 2. The summed E-state index contributed by atoms with van der Waals surface area (Å²) in [7, 11) is 0. The van der Waals surface area contributed by atoms with E-state index < -0.39 is 52.5 Å². The average molecular weight is 509 g/mol. The molecule has 182 valence electrons. The van der Waals surface area contributed by atoms with E-state index in [0.717, 1.165) is 18.2 Å². The van der Waals surface area contributed by atoms with Crippen LogP contribution in [0.4, 0.5) is 22.0 Å². The summed E-state index contributed by atoms with van der Waals surface area (Å²) in [6, 6.07) is 3.61. The predicted molar refractivity (Wildman–Crippen MR) is 114 cm³/mol. The van der Waals surface area contributed by atoms with Gasteiger partial charge in [0, 0.05) is 41.9 Å². The van der Waals surface area contributed by atoms with Gasteiger partial charge in [0.1, 0.15) is 29.6 Å². The zero-order valence-corrected chi connectivity index (χ0v) is 18.8. The van der Waals surface area contributed by atoms with Gasteiger partial charge in [-0.1, -0.05) is 0 Å². The normalized spacial score (nSPS) is 29.6. The standard InChI is InChI=1S/C23H16F5N3O3S/c1-20(7-12(10-29)6-13(24)8-20)34-15-3-2-14-18-17(15)16(33-19(35)31-5-4-30-11-31)9-21(18,32)23(27,28)22(14,25)26/h2-7,11,16,32H,8-9H2,1H3. The van der Waals surface area contributed by atoms with Crippen LogP contribution in [0.2, 0.25) is 0 Å². The van der Waals surface area contributed by atoms with Crippen LogP contribution in [0.15, 0.2) is 54.4 Å². The van der Waals surface area contributed by atoms with Gasteiger partial charge in [0.05, 0.1) is 11.6 Å². The molecule has 0 saturated heterocycles. The molecule has 0 bridgehead atoms. The minimum absolute atomic E-state index is 0.0301. The number of hydrogen-bond acceptors (Lipinski definition) is 6. The topological polar surface area (TPSA) is 80.3 Å². The third kappa shape index (κ3) is 3.21. The molecule has 0 radical (unpaired) electrons. The molecule has 3 atom stereocenters. The molecule has 2 aromatic rings. The number of halogens is 5. The number of nitriles is 1. The van der Waals surface area contributed by atoms with Crippen molar-refractivity contribution in [2.45, 2.75) is 48.9 Å². The zero-order chi connectivity index (χ0) is 25.4. The molecule has 3 unspecified atom stereocenters. The Bertz CT molecular complexity index is 1350. The van der Waals surface area contributed by atoms with Crippen molar-refractivity contribution in [3.05, 3.63) is 71.1 Å². The highest BCUT2D eigenvalue weighted by Crippen LogP contribution is 2.68. The van der Waals surface area contributed by atoms with Crippen LogP contribution in [0.1, 0.15) is 42.6 Å². The molecule has 12 heteroatoms. The number of alkyl halides is 4. The minimum atomic E-state index is -4.85. The van der Waals surface area contributed by atoms with Gasteiger partial charge >= 0.3 is 11.8 Å². The van der Waals surface area contributed by atoms with Crippen LogP contribution in [0, 0.1) is 11.3 Å². The first kappa shape index (κ1) is 23.4. The van der Waals surface area contributed by atoms with E-state index in [1.165, 1.54) is 36.3 Å². The van der Waals surface area contributed by atoms with Crippen molar-refractivity contribution in [2.24, 2.45) is 0 Å².